The van der Waals surface area contributed by atoms with Gasteiger partial charge in [-0.15, -0.1) is 0 Å². The highest BCUT2D eigenvalue weighted by atomic mass is 19.3. The molecule has 0 saturated heterocycles. The Bertz CT molecular complexity index is 427. The van der Waals surface area contributed by atoms with Crippen LogP contribution in [0.25, 0.3) is 0 Å². The molecule has 0 fully saturated rings. The molecular formula is C13H18F2N2O2. The third kappa shape index (κ3) is 5.11. The van der Waals surface area contributed by atoms with Gasteiger partial charge in [0, 0.05) is 5.69 Å². The highest BCUT2D eigenvalue weighted by Crippen LogP contribution is 2.22. The van der Waals surface area contributed by atoms with E-state index in [1.165, 1.54) is 24.3 Å². The van der Waals surface area contributed by atoms with E-state index in [9.17, 15) is 13.6 Å². The molecule has 106 valence electrons. The number of hydrogen-bond acceptors (Lipinski definition) is 3. The zero-order valence-corrected chi connectivity index (χ0v) is 11.1. The van der Waals surface area contributed by atoms with Gasteiger partial charge in [-0.2, -0.15) is 0 Å². The Morgan fingerprint density at radius 1 is 1.26 bits per heavy atom. The fourth-order valence-electron chi connectivity index (χ4n) is 1.43. The molecule has 1 atom stereocenters. The van der Waals surface area contributed by atoms with Crippen molar-refractivity contribution in [1.82, 2.24) is 5.32 Å². The first-order valence-corrected chi connectivity index (χ1v) is 5.82. The zero-order valence-electron chi connectivity index (χ0n) is 11.1. The van der Waals surface area contributed by atoms with Gasteiger partial charge in [0.15, 0.2) is 0 Å². The minimum atomic E-state index is -2.74. The minimum absolute atomic E-state index is 0.273. The Labute approximate surface area is 110 Å². The second-order valence-electron chi connectivity index (χ2n) is 5.13. The average Bonchev–Trinajstić information content (AvgIpc) is 2.24. The van der Waals surface area contributed by atoms with Crippen molar-refractivity contribution in [2.24, 2.45) is 0 Å². The van der Waals surface area contributed by atoms with E-state index in [0.29, 0.717) is 5.69 Å². The lowest BCUT2D eigenvalue weighted by Crippen LogP contribution is -2.37. The standard InChI is InChI=1S/C13H18F2N2O2/c1-13(2,3)19-12(18)17-10(11(14)15)8-4-6-9(16)7-5-8/h4-7,10-11H,16H2,1-3H3,(H,17,18). The topological polar surface area (TPSA) is 64.3 Å². The van der Waals surface area contributed by atoms with Crippen molar-refractivity contribution in [1.29, 1.82) is 0 Å². The van der Waals surface area contributed by atoms with E-state index in [2.05, 4.69) is 5.32 Å². The van der Waals surface area contributed by atoms with Gasteiger partial charge < -0.3 is 15.8 Å². The van der Waals surface area contributed by atoms with E-state index in [0.717, 1.165) is 0 Å². The van der Waals surface area contributed by atoms with Gasteiger partial charge in [0.05, 0.1) is 0 Å². The maximum Gasteiger partial charge on any atom is 0.408 e. The SMILES string of the molecule is CC(C)(C)OC(=O)NC(c1ccc(N)cc1)C(F)F. The summed E-state index contributed by atoms with van der Waals surface area (Å²) in [6.07, 6.45) is -3.62. The van der Waals surface area contributed by atoms with Crippen LogP contribution in [-0.2, 0) is 4.74 Å². The summed E-state index contributed by atoms with van der Waals surface area (Å²) in [6.45, 7) is 4.98. The largest absolute Gasteiger partial charge is 0.444 e. The smallest absolute Gasteiger partial charge is 0.408 e. The van der Waals surface area contributed by atoms with Crippen LogP contribution in [0.1, 0.15) is 32.4 Å². The van der Waals surface area contributed by atoms with Crippen molar-refractivity contribution in [2.45, 2.75) is 38.8 Å². The molecule has 1 aromatic carbocycles. The molecule has 0 aliphatic rings. The minimum Gasteiger partial charge on any atom is -0.444 e. The lowest BCUT2D eigenvalue weighted by molar-refractivity contribution is 0.0373. The average molecular weight is 272 g/mol. The zero-order chi connectivity index (χ0) is 14.6. The number of anilines is 1. The summed E-state index contributed by atoms with van der Waals surface area (Å²) in [5.74, 6) is 0. The summed E-state index contributed by atoms with van der Waals surface area (Å²) < 4.78 is 30.9. The van der Waals surface area contributed by atoms with Gasteiger partial charge in [0.25, 0.3) is 6.43 Å². The molecule has 0 heterocycles. The number of amides is 1. The monoisotopic (exact) mass is 272 g/mol. The maximum atomic E-state index is 13.0. The van der Waals surface area contributed by atoms with Gasteiger partial charge in [0.1, 0.15) is 11.6 Å². The number of alkyl carbamates (subject to hydrolysis) is 1. The summed E-state index contributed by atoms with van der Waals surface area (Å²) in [5.41, 5.74) is 5.49. The van der Waals surface area contributed by atoms with Crippen molar-refractivity contribution < 1.29 is 18.3 Å². The first-order valence-electron chi connectivity index (χ1n) is 5.82. The van der Waals surface area contributed by atoms with Crippen molar-refractivity contribution in [3.05, 3.63) is 29.8 Å². The number of benzene rings is 1. The second kappa shape index (κ2) is 5.86. The molecule has 0 aromatic heterocycles. The molecule has 0 saturated carbocycles. The fourth-order valence-corrected chi connectivity index (χ4v) is 1.43. The predicted molar refractivity (Wildman–Crippen MR) is 69.0 cm³/mol. The van der Waals surface area contributed by atoms with Gasteiger partial charge in [0.2, 0.25) is 0 Å². The van der Waals surface area contributed by atoms with Crippen LogP contribution in [0.15, 0.2) is 24.3 Å². The Morgan fingerprint density at radius 2 is 1.79 bits per heavy atom. The lowest BCUT2D eigenvalue weighted by Gasteiger charge is -2.23. The van der Waals surface area contributed by atoms with Gasteiger partial charge >= 0.3 is 6.09 Å². The van der Waals surface area contributed by atoms with Crippen molar-refractivity contribution >= 4 is 11.8 Å². The number of alkyl halides is 2. The number of ether oxygens (including phenoxy) is 1. The lowest BCUT2D eigenvalue weighted by atomic mass is 10.1. The summed E-state index contributed by atoms with van der Waals surface area (Å²) in [7, 11) is 0. The quantitative estimate of drug-likeness (QED) is 0.831. The Balaban J connectivity index is 2.79. The van der Waals surface area contributed by atoms with E-state index in [-0.39, 0.29) is 5.56 Å². The fraction of sp³-hybridized carbons (Fsp3) is 0.462. The summed E-state index contributed by atoms with van der Waals surface area (Å²) >= 11 is 0. The van der Waals surface area contributed by atoms with Crippen LogP contribution in [-0.4, -0.2) is 18.1 Å². The molecule has 0 aliphatic carbocycles. The first-order chi connectivity index (χ1) is 8.69. The molecule has 0 radical (unpaired) electrons. The van der Waals surface area contributed by atoms with Crippen molar-refractivity contribution in [3.8, 4) is 0 Å². The number of nitrogens with two attached hydrogens (primary N) is 1. The number of nitrogens with one attached hydrogen (secondary N) is 1. The van der Waals surface area contributed by atoms with Crippen LogP contribution in [0.5, 0.6) is 0 Å². The molecule has 0 aliphatic heterocycles. The molecule has 1 aromatic rings. The van der Waals surface area contributed by atoms with Crippen LogP contribution in [0.2, 0.25) is 0 Å². The molecule has 0 bridgehead atoms. The van der Waals surface area contributed by atoms with Gasteiger partial charge in [-0.1, -0.05) is 12.1 Å². The van der Waals surface area contributed by atoms with E-state index >= 15 is 0 Å². The summed E-state index contributed by atoms with van der Waals surface area (Å²) in [4.78, 5) is 11.5. The van der Waals surface area contributed by atoms with Crippen molar-refractivity contribution in [3.63, 3.8) is 0 Å². The summed E-state index contributed by atoms with van der Waals surface area (Å²) in [5, 5.41) is 2.16. The molecule has 1 unspecified atom stereocenters. The summed E-state index contributed by atoms with van der Waals surface area (Å²) in [6, 6.07) is 4.48. The van der Waals surface area contributed by atoms with E-state index < -0.39 is 24.2 Å². The molecule has 1 amide bonds. The molecule has 19 heavy (non-hydrogen) atoms. The first kappa shape index (κ1) is 15.2. The number of nitrogen functional groups attached to an aromatic ring is 1. The molecule has 0 spiro atoms. The second-order valence-corrected chi connectivity index (χ2v) is 5.13. The van der Waals surface area contributed by atoms with Crippen LogP contribution < -0.4 is 11.1 Å². The van der Waals surface area contributed by atoms with Crippen LogP contribution in [0.4, 0.5) is 19.3 Å². The van der Waals surface area contributed by atoms with Crippen LogP contribution >= 0.6 is 0 Å². The molecule has 1 rings (SSSR count). The number of carbonyl (C=O) groups is 1. The van der Waals surface area contributed by atoms with Crippen LogP contribution in [0, 0.1) is 0 Å². The predicted octanol–water partition coefficient (Wildman–Crippen LogP) is 3.10. The highest BCUT2D eigenvalue weighted by molar-refractivity contribution is 5.68. The van der Waals surface area contributed by atoms with Crippen molar-refractivity contribution in [2.75, 3.05) is 5.73 Å². The van der Waals surface area contributed by atoms with Gasteiger partial charge in [-0.25, -0.2) is 13.6 Å². The molecular weight excluding hydrogens is 254 g/mol. The normalized spacial score (nSPS) is 13.2. The van der Waals surface area contributed by atoms with Gasteiger partial charge in [-0.3, -0.25) is 0 Å². The molecule has 3 N–H and O–H groups in total. The van der Waals surface area contributed by atoms with E-state index in [1.54, 1.807) is 20.8 Å². The number of hydrogen-bond donors (Lipinski definition) is 2. The number of halogens is 2. The molecule has 6 heteroatoms. The Hall–Kier alpha value is -1.85. The number of carbonyl (C=O) groups excluding carboxylic acids is 1. The van der Waals surface area contributed by atoms with E-state index in [1.807, 2.05) is 0 Å². The number of rotatable bonds is 3. The van der Waals surface area contributed by atoms with Crippen LogP contribution in [0.3, 0.4) is 0 Å². The third-order valence-corrected chi connectivity index (χ3v) is 2.22. The maximum absolute atomic E-state index is 13.0. The van der Waals surface area contributed by atoms with E-state index in [4.69, 9.17) is 10.5 Å². The third-order valence-electron chi connectivity index (χ3n) is 2.22. The molecule has 4 nitrogen and oxygen atoms in total. The highest BCUT2D eigenvalue weighted by Gasteiger charge is 2.26. The Morgan fingerprint density at radius 3 is 2.21 bits per heavy atom. The van der Waals surface area contributed by atoms with Gasteiger partial charge in [-0.05, 0) is 38.5 Å². The Kier molecular flexibility index (Phi) is 4.69.